The number of hydrogen-bond acceptors (Lipinski definition) is 2. The number of aromatic hydroxyl groups is 1. The summed E-state index contributed by atoms with van der Waals surface area (Å²) in [5, 5.41) is 14.4. The van der Waals surface area contributed by atoms with Crippen molar-refractivity contribution < 1.29 is 9.90 Å². The molecule has 2 amide bonds. The highest BCUT2D eigenvalue weighted by Crippen LogP contribution is 2.14. The maximum absolute atomic E-state index is 11.6. The molecule has 2 rings (SSSR count). The number of phenols is 1. The second-order valence-corrected chi connectivity index (χ2v) is 4.95. The number of carbonyl (C=O) groups excluding carboxylic acids is 1. The van der Waals surface area contributed by atoms with E-state index in [0.717, 1.165) is 10.0 Å². The van der Waals surface area contributed by atoms with Crippen LogP contribution in [-0.2, 0) is 0 Å². The average Bonchev–Trinajstić information content (AvgIpc) is 2.41. The van der Waals surface area contributed by atoms with Gasteiger partial charge in [0, 0.05) is 16.4 Å². The molecule has 0 spiro atoms. The Hall–Kier alpha value is -2.27. The molecule has 0 aromatic heterocycles. The van der Waals surface area contributed by atoms with Crippen LogP contribution in [-0.4, -0.2) is 11.1 Å². The zero-order valence-corrected chi connectivity index (χ0v) is 12.1. The first-order chi connectivity index (χ1) is 9.63. The summed E-state index contributed by atoms with van der Waals surface area (Å²) in [6, 6.07) is 13.6. The number of carbonyl (C=O) groups is 1. The van der Waals surface area contributed by atoms with Crippen LogP contribution >= 0.6 is 15.9 Å². The van der Waals surface area contributed by atoms with Gasteiger partial charge in [0.25, 0.3) is 0 Å². The molecule has 0 aliphatic carbocycles. The van der Waals surface area contributed by atoms with Crippen molar-refractivity contribution >= 4 is 33.7 Å². The third-order valence-corrected chi connectivity index (χ3v) is 2.96. The predicted molar refractivity (Wildman–Crippen MR) is 83.4 cm³/mol. The number of amides is 2. The maximum Gasteiger partial charge on any atom is 0.323 e. The third-order valence-electron chi connectivity index (χ3n) is 2.46. The van der Waals surface area contributed by atoms with Crippen molar-refractivity contribution in [2.24, 2.45) is 0 Å². The molecular weight excluding hydrogens is 320 g/mol. The van der Waals surface area contributed by atoms with Crippen molar-refractivity contribution in [3.8, 4) is 5.75 Å². The van der Waals surface area contributed by atoms with Crippen LogP contribution in [0.15, 0.2) is 59.2 Å². The first-order valence-corrected chi connectivity index (χ1v) is 6.71. The van der Waals surface area contributed by atoms with Gasteiger partial charge in [-0.15, -0.1) is 0 Å². The molecule has 0 aliphatic heterocycles. The summed E-state index contributed by atoms with van der Waals surface area (Å²) in [7, 11) is 0. The number of hydrogen-bond donors (Lipinski definition) is 3. The van der Waals surface area contributed by atoms with Crippen molar-refractivity contribution in [2.45, 2.75) is 0 Å². The number of anilines is 1. The van der Waals surface area contributed by atoms with E-state index in [1.165, 1.54) is 12.1 Å². The zero-order chi connectivity index (χ0) is 14.4. The Morgan fingerprint density at radius 2 is 1.90 bits per heavy atom. The second kappa shape index (κ2) is 6.77. The molecule has 0 heterocycles. The van der Waals surface area contributed by atoms with Gasteiger partial charge in [0.15, 0.2) is 0 Å². The molecule has 0 radical (unpaired) electrons. The minimum atomic E-state index is -0.345. The number of benzene rings is 2. The fourth-order valence-corrected chi connectivity index (χ4v) is 1.95. The topological polar surface area (TPSA) is 61.4 Å². The van der Waals surface area contributed by atoms with E-state index in [4.69, 9.17) is 5.11 Å². The molecule has 0 atom stereocenters. The minimum Gasteiger partial charge on any atom is -0.508 e. The van der Waals surface area contributed by atoms with Crippen LogP contribution in [0.5, 0.6) is 5.75 Å². The van der Waals surface area contributed by atoms with Crippen LogP contribution in [0.25, 0.3) is 6.08 Å². The van der Waals surface area contributed by atoms with Gasteiger partial charge in [0.2, 0.25) is 0 Å². The maximum atomic E-state index is 11.6. The molecule has 0 fully saturated rings. The lowest BCUT2D eigenvalue weighted by atomic mass is 10.2. The second-order valence-electron chi connectivity index (χ2n) is 4.03. The van der Waals surface area contributed by atoms with Crippen LogP contribution < -0.4 is 10.6 Å². The van der Waals surface area contributed by atoms with E-state index in [9.17, 15) is 4.79 Å². The van der Waals surface area contributed by atoms with Crippen LogP contribution in [0.3, 0.4) is 0 Å². The van der Waals surface area contributed by atoms with Gasteiger partial charge in [-0.05, 0) is 48.0 Å². The van der Waals surface area contributed by atoms with E-state index < -0.39 is 0 Å². The van der Waals surface area contributed by atoms with E-state index in [1.807, 2.05) is 24.3 Å². The summed E-state index contributed by atoms with van der Waals surface area (Å²) in [5.74, 6) is 0.158. The molecule has 0 saturated heterocycles. The van der Waals surface area contributed by atoms with Gasteiger partial charge in [0.05, 0.1) is 0 Å². The quantitative estimate of drug-likeness (QED) is 0.745. The van der Waals surface area contributed by atoms with Crippen molar-refractivity contribution in [3.63, 3.8) is 0 Å². The summed E-state index contributed by atoms with van der Waals surface area (Å²) in [6.45, 7) is 0. The SMILES string of the molecule is O=C(N/C=C/c1cccc(Br)c1)Nc1ccc(O)cc1. The number of halogens is 1. The van der Waals surface area contributed by atoms with E-state index >= 15 is 0 Å². The Morgan fingerprint density at radius 3 is 2.60 bits per heavy atom. The first-order valence-electron chi connectivity index (χ1n) is 5.92. The highest BCUT2D eigenvalue weighted by molar-refractivity contribution is 9.10. The molecule has 5 heteroatoms. The van der Waals surface area contributed by atoms with E-state index in [0.29, 0.717) is 5.69 Å². The van der Waals surface area contributed by atoms with E-state index in [-0.39, 0.29) is 11.8 Å². The largest absolute Gasteiger partial charge is 0.508 e. The molecule has 0 aliphatic rings. The van der Waals surface area contributed by atoms with Crippen LogP contribution in [0, 0.1) is 0 Å². The number of phenolic OH excluding ortho intramolecular Hbond substituents is 1. The van der Waals surface area contributed by atoms with Gasteiger partial charge in [-0.25, -0.2) is 4.79 Å². The highest BCUT2D eigenvalue weighted by Gasteiger charge is 1.98. The Bertz CT molecular complexity index is 624. The molecule has 0 saturated carbocycles. The highest BCUT2D eigenvalue weighted by atomic mass is 79.9. The first kappa shape index (κ1) is 14.1. The summed E-state index contributed by atoms with van der Waals surface area (Å²) in [5.41, 5.74) is 1.58. The number of nitrogens with one attached hydrogen (secondary N) is 2. The lowest BCUT2D eigenvalue weighted by Gasteiger charge is -2.04. The minimum absolute atomic E-state index is 0.158. The van der Waals surface area contributed by atoms with Gasteiger partial charge < -0.3 is 15.7 Å². The van der Waals surface area contributed by atoms with Gasteiger partial charge in [0.1, 0.15) is 5.75 Å². The normalized spacial score (nSPS) is 10.4. The molecular formula is C15H13BrN2O2. The fourth-order valence-electron chi connectivity index (χ4n) is 1.54. The standard InChI is InChI=1S/C15H13BrN2O2/c16-12-3-1-2-11(10-12)8-9-17-15(20)18-13-4-6-14(19)7-5-13/h1-10,19H,(H2,17,18,20)/b9-8+. The molecule has 2 aromatic carbocycles. The molecule has 0 bridgehead atoms. The summed E-state index contributed by atoms with van der Waals surface area (Å²) < 4.78 is 0.980. The Balaban J connectivity index is 1.87. The number of urea groups is 1. The molecule has 4 nitrogen and oxygen atoms in total. The van der Waals surface area contributed by atoms with Crippen LogP contribution in [0.2, 0.25) is 0 Å². The molecule has 0 unspecified atom stereocenters. The van der Waals surface area contributed by atoms with Crippen molar-refractivity contribution in [3.05, 3.63) is 64.8 Å². The zero-order valence-electron chi connectivity index (χ0n) is 10.5. The molecule has 3 N–H and O–H groups in total. The van der Waals surface area contributed by atoms with Crippen molar-refractivity contribution in [1.82, 2.24) is 5.32 Å². The van der Waals surface area contributed by atoms with Crippen molar-refractivity contribution in [1.29, 1.82) is 0 Å². The van der Waals surface area contributed by atoms with Gasteiger partial charge in [-0.2, -0.15) is 0 Å². The Kier molecular flexibility index (Phi) is 4.79. The van der Waals surface area contributed by atoms with Gasteiger partial charge >= 0.3 is 6.03 Å². The molecule has 2 aromatic rings. The monoisotopic (exact) mass is 332 g/mol. The lowest BCUT2D eigenvalue weighted by Crippen LogP contribution is -2.23. The molecule has 20 heavy (non-hydrogen) atoms. The fraction of sp³-hybridized carbons (Fsp3) is 0. The number of rotatable bonds is 3. The van der Waals surface area contributed by atoms with Crippen LogP contribution in [0.1, 0.15) is 5.56 Å². The third kappa shape index (κ3) is 4.44. The van der Waals surface area contributed by atoms with E-state index in [1.54, 1.807) is 24.4 Å². The summed E-state index contributed by atoms with van der Waals surface area (Å²) in [6.07, 6.45) is 3.36. The van der Waals surface area contributed by atoms with Crippen molar-refractivity contribution in [2.75, 3.05) is 5.32 Å². The Morgan fingerprint density at radius 1 is 1.15 bits per heavy atom. The van der Waals surface area contributed by atoms with E-state index in [2.05, 4.69) is 26.6 Å². The lowest BCUT2D eigenvalue weighted by molar-refractivity contribution is 0.255. The Labute approximate surface area is 125 Å². The predicted octanol–water partition coefficient (Wildman–Crippen LogP) is 3.95. The van der Waals surface area contributed by atoms with Gasteiger partial charge in [-0.3, -0.25) is 0 Å². The summed E-state index contributed by atoms with van der Waals surface area (Å²) in [4.78, 5) is 11.6. The summed E-state index contributed by atoms with van der Waals surface area (Å²) >= 11 is 3.38. The molecule has 102 valence electrons. The van der Waals surface area contributed by atoms with Crippen LogP contribution in [0.4, 0.5) is 10.5 Å². The average molecular weight is 333 g/mol. The van der Waals surface area contributed by atoms with Gasteiger partial charge in [-0.1, -0.05) is 28.1 Å². The smallest absolute Gasteiger partial charge is 0.323 e.